The van der Waals surface area contributed by atoms with Crippen molar-refractivity contribution in [1.29, 1.82) is 0 Å². The molecule has 1 heterocycles. The van der Waals surface area contributed by atoms with Crippen LogP contribution < -0.4 is 9.88 Å². The molecule has 0 saturated carbocycles. The van der Waals surface area contributed by atoms with Crippen molar-refractivity contribution in [2.75, 3.05) is 0 Å². The van der Waals surface area contributed by atoms with E-state index in [4.69, 9.17) is 4.98 Å². The normalized spacial score (nSPS) is 18.6. The zero-order valence-corrected chi connectivity index (χ0v) is 15.8. The SMILES string of the molecule is CCC/C=c1\sc(C(=O)C(C)CC)n\c1=C\C1=C(C)CCCC1. The average Bonchev–Trinajstić information content (AvgIpc) is 2.96. The van der Waals surface area contributed by atoms with E-state index in [1.165, 1.54) is 34.9 Å². The highest BCUT2D eigenvalue weighted by atomic mass is 32.1. The maximum atomic E-state index is 12.5. The lowest BCUT2D eigenvalue weighted by atomic mass is 9.92. The van der Waals surface area contributed by atoms with Gasteiger partial charge in [-0.1, -0.05) is 38.8 Å². The summed E-state index contributed by atoms with van der Waals surface area (Å²) in [6.45, 7) is 8.47. The van der Waals surface area contributed by atoms with Gasteiger partial charge in [-0.25, -0.2) is 4.98 Å². The predicted molar refractivity (Wildman–Crippen MR) is 100 cm³/mol. The van der Waals surface area contributed by atoms with Crippen LogP contribution in [0.4, 0.5) is 0 Å². The van der Waals surface area contributed by atoms with Crippen LogP contribution in [0.2, 0.25) is 0 Å². The van der Waals surface area contributed by atoms with Crippen LogP contribution in [0.1, 0.15) is 82.4 Å². The van der Waals surface area contributed by atoms with Crippen molar-refractivity contribution in [3.8, 4) is 0 Å². The fraction of sp³-hybridized carbons (Fsp3) is 0.600. The largest absolute Gasteiger partial charge is 0.291 e. The van der Waals surface area contributed by atoms with Crippen molar-refractivity contribution in [3.05, 3.63) is 26.0 Å². The highest BCUT2D eigenvalue weighted by Gasteiger charge is 2.17. The molecule has 0 amide bonds. The number of unbranched alkanes of at least 4 members (excludes halogenated alkanes) is 1. The van der Waals surface area contributed by atoms with Crippen molar-refractivity contribution in [1.82, 2.24) is 4.98 Å². The Morgan fingerprint density at radius 3 is 2.70 bits per heavy atom. The van der Waals surface area contributed by atoms with Gasteiger partial charge in [0.25, 0.3) is 0 Å². The highest BCUT2D eigenvalue weighted by Crippen LogP contribution is 2.24. The zero-order chi connectivity index (χ0) is 16.8. The molecule has 0 fully saturated rings. The number of carbonyl (C=O) groups is 1. The molecule has 126 valence electrons. The first-order valence-corrected chi connectivity index (χ1v) is 9.80. The molecular formula is C20H29NOS. The topological polar surface area (TPSA) is 30.0 Å². The Kier molecular flexibility index (Phi) is 6.76. The van der Waals surface area contributed by atoms with Gasteiger partial charge in [-0.3, -0.25) is 4.79 Å². The molecule has 0 bridgehead atoms. The summed E-state index contributed by atoms with van der Waals surface area (Å²) < 4.78 is 1.17. The summed E-state index contributed by atoms with van der Waals surface area (Å²) in [5, 5.41) is 1.69. The van der Waals surface area contributed by atoms with Gasteiger partial charge in [0.1, 0.15) is 0 Å². The summed E-state index contributed by atoms with van der Waals surface area (Å²) in [7, 11) is 0. The van der Waals surface area contributed by atoms with Crippen molar-refractivity contribution >= 4 is 29.3 Å². The fourth-order valence-electron chi connectivity index (χ4n) is 2.81. The molecule has 0 radical (unpaired) electrons. The summed E-state index contributed by atoms with van der Waals surface area (Å²) in [4.78, 5) is 17.2. The first kappa shape index (κ1) is 18.1. The van der Waals surface area contributed by atoms with Crippen LogP contribution in [0.5, 0.6) is 0 Å². The monoisotopic (exact) mass is 331 g/mol. The Labute approximate surface area is 144 Å². The first-order valence-electron chi connectivity index (χ1n) is 8.98. The molecule has 3 heteroatoms. The molecule has 1 unspecified atom stereocenters. The number of hydrogen-bond acceptors (Lipinski definition) is 3. The Balaban J connectivity index is 2.49. The number of nitrogens with zero attached hydrogens (tertiary/aromatic N) is 1. The minimum atomic E-state index is 0.0589. The van der Waals surface area contributed by atoms with Gasteiger partial charge in [-0.05, 0) is 57.1 Å². The fourth-order valence-corrected chi connectivity index (χ4v) is 3.87. The second-order valence-electron chi connectivity index (χ2n) is 6.59. The molecule has 0 aliphatic heterocycles. The van der Waals surface area contributed by atoms with E-state index in [-0.39, 0.29) is 11.7 Å². The molecule has 2 nitrogen and oxygen atoms in total. The van der Waals surface area contributed by atoms with Crippen molar-refractivity contribution < 1.29 is 4.79 Å². The van der Waals surface area contributed by atoms with Crippen molar-refractivity contribution in [2.24, 2.45) is 5.92 Å². The second-order valence-corrected chi connectivity index (χ2v) is 7.62. The lowest BCUT2D eigenvalue weighted by molar-refractivity contribution is 0.0926. The summed E-state index contributed by atoms with van der Waals surface area (Å²) in [5.41, 5.74) is 2.91. The molecular weight excluding hydrogens is 302 g/mol. The quantitative estimate of drug-likeness (QED) is 0.712. The maximum Gasteiger partial charge on any atom is 0.194 e. The number of carbonyl (C=O) groups excluding carboxylic acids is 1. The minimum absolute atomic E-state index is 0.0589. The van der Waals surface area contributed by atoms with Crippen LogP contribution in [-0.2, 0) is 0 Å². The molecule has 1 aliphatic carbocycles. The summed E-state index contributed by atoms with van der Waals surface area (Å²) in [5.74, 6) is 0.251. The third-order valence-electron chi connectivity index (χ3n) is 4.68. The molecule has 0 N–H and O–H groups in total. The lowest BCUT2D eigenvalue weighted by Gasteiger charge is -2.13. The molecule has 1 aromatic heterocycles. The number of aromatic nitrogens is 1. The van der Waals surface area contributed by atoms with Crippen molar-refractivity contribution in [3.63, 3.8) is 0 Å². The highest BCUT2D eigenvalue weighted by molar-refractivity contribution is 7.11. The Morgan fingerprint density at radius 2 is 2.04 bits per heavy atom. The van der Waals surface area contributed by atoms with E-state index in [0.717, 1.165) is 31.0 Å². The molecule has 2 rings (SSSR count). The lowest BCUT2D eigenvalue weighted by Crippen LogP contribution is -2.22. The Morgan fingerprint density at radius 1 is 1.30 bits per heavy atom. The number of thiazole rings is 1. The van der Waals surface area contributed by atoms with Gasteiger partial charge in [0.05, 0.1) is 9.88 Å². The number of allylic oxidation sites excluding steroid dienone is 2. The third-order valence-corrected chi connectivity index (χ3v) is 5.76. The van der Waals surface area contributed by atoms with E-state index in [2.05, 4.69) is 32.9 Å². The minimum Gasteiger partial charge on any atom is -0.291 e. The van der Waals surface area contributed by atoms with Gasteiger partial charge in [0.15, 0.2) is 10.8 Å². The van der Waals surface area contributed by atoms with Crippen LogP contribution in [0.3, 0.4) is 0 Å². The van der Waals surface area contributed by atoms with Gasteiger partial charge in [-0.2, -0.15) is 0 Å². The van der Waals surface area contributed by atoms with Crippen LogP contribution >= 0.6 is 11.3 Å². The molecule has 0 saturated heterocycles. The van der Waals surface area contributed by atoms with E-state index < -0.39 is 0 Å². The molecule has 0 spiro atoms. The molecule has 23 heavy (non-hydrogen) atoms. The van der Waals surface area contributed by atoms with Crippen LogP contribution in [0.25, 0.3) is 12.2 Å². The number of rotatable bonds is 6. The standard InChI is InChI=1S/C20H29NOS/c1-5-7-12-18-17(13-16-11-9-8-10-15(16)4)21-20(23-18)19(22)14(3)6-2/h12-14H,5-11H2,1-4H3/b17-13+,18-12-. The molecule has 1 aliphatic rings. The third kappa shape index (κ3) is 4.63. The van der Waals surface area contributed by atoms with Gasteiger partial charge in [0, 0.05) is 5.92 Å². The van der Waals surface area contributed by atoms with Crippen LogP contribution in [-0.4, -0.2) is 10.8 Å². The van der Waals surface area contributed by atoms with E-state index in [0.29, 0.717) is 5.01 Å². The number of hydrogen-bond donors (Lipinski definition) is 0. The maximum absolute atomic E-state index is 12.5. The summed E-state index contributed by atoms with van der Waals surface area (Å²) >= 11 is 1.57. The number of ketones is 1. The zero-order valence-electron chi connectivity index (χ0n) is 14.9. The smallest absolute Gasteiger partial charge is 0.194 e. The van der Waals surface area contributed by atoms with E-state index in [9.17, 15) is 4.79 Å². The van der Waals surface area contributed by atoms with Crippen LogP contribution in [0.15, 0.2) is 11.1 Å². The van der Waals surface area contributed by atoms with E-state index in [1.54, 1.807) is 11.3 Å². The average molecular weight is 332 g/mol. The molecule has 1 atom stereocenters. The molecule has 0 aromatic carbocycles. The Hall–Kier alpha value is -1.22. The first-order chi connectivity index (χ1) is 11.1. The van der Waals surface area contributed by atoms with Crippen LogP contribution in [0, 0.1) is 5.92 Å². The van der Waals surface area contributed by atoms with Gasteiger partial charge in [0.2, 0.25) is 0 Å². The predicted octanol–water partition coefficient (Wildman–Crippen LogP) is 4.62. The summed E-state index contributed by atoms with van der Waals surface area (Å²) in [6, 6.07) is 0. The van der Waals surface area contributed by atoms with Gasteiger partial charge in [-0.15, -0.1) is 11.3 Å². The second kappa shape index (κ2) is 8.58. The van der Waals surface area contributed by atoms with E-state index in [1.807, 2.05) is 6.92 Å². The van der Waals surface area contributed by atoms with Crippen molar-refractivity contribution in [2.45, 2.75) is 72.6 Å². The van der Waals surface area contributed by atoms with Gasteiger partial charge < -0.3 is 0 Å². The Bertz CT molecular complexity index is 696. The summed E-state index contributed by atoms with van der Waals surface area (Å²) in [6.07, 6.45) is 12.4. The number of Topliss-reactive ketones (excluding diaryl/α,β-unsaturated/α-hetero) is 1. The van der Waals surface area contributed by atoms with Gasteiger partial charge >= 0.3 is 0 Å². The van der Waals surface area contributed by atoms with E-state index >= 15 is 0 Å². The molecule has 1 aromatic rings.